The number of nitrogens with zero attached hydrogens (tertiary/aromatic N) is 3. The van der Waals surface area contributed by atoms with Gasteiger partial charge in [0.25, 0.3) is 0 Å². The molecular weight excluding hydrogens is 380 g/mol. The standard InChI is InChI=1S/C15H11Cl2F3N4O/c1-2-3-13(25)22-12-7-24(23-11(12)6-21)14-9(16)4-8(5-10(14)17)15(18,19)20/h4-5,7H,2-3H2,1H3,(H,22,25). The monoisotopic (exact) mass is 390 g/mol. The van der Waals surface area contributed by atoms with Crippen LogP contribution in [0, 0.1) is 11.3 Å². The van der Waals surface area contributed by atoms with Crippen molar-refractivity contribution < 1.29 is 18.0 Å². The molecule has 0 atom stereocenters. The second-order valence-corrected chi connectivity index (χ2v) is 5.85. The summed E-state index contributed by atoms with van der Waals surface area (Å²) in [7, 11) is 0. The first kappa shape index (κ1) is 19.1. The molecule has 1 aromatic carbocycles. The number of nitrogens with one attached hydrogen (secondary N) is 1. The zero-order chi connectivity index (χ0) is 18.8. The molecule has 1 N–H and O–H groups in total. The van der Waals surface area contributed by atoms with E-state index in [4.69, 9.17) is 28.5 Å². The number of rotatable bonds is 4. The molecule has 2 rings (SSSR count). The van der Waals surface area contributed by atoms with Crippen LogP contribution in [0.15, 0.2) is 18.3 Å². The van der Waals surface area contributed by atoms with E-state index in [0.717, 1.165) is 4.68 Å². The lowest BCUT2D eigenvalue weighted by Crippen LogP contribution is -2.10. The number of amides is 1. The highest BCUT2D eigenvalue weighted by Gasteiger charge is 2.32. The second kappa shape index (κ2) is 7.33. The van der Waals surface area contributed by atoms with Gasteiger partial charge in [0.15, 0.2) is 5.69 Å². The zero-order valence-corrected chi connectivity index (χ0v) is 14.3. The average Bonchev–Trinajstić information content (AvgIpc) is 2.88. The Labute approximate surface area is 150 Å². The van der Waals surface area contributed by atoms with Crippen LogP contribution >= 0.6 is 23.2 Å². The lowest BCUT2D eigenvalue weighted by Gasteiger charge is -2.12. The molecule has 0 aliphatic heterocycles. The Morgan fingerprint density at radius 2 is 1.96 bits per heavy atom. The van der Waals surface area contributed by atoms with Gasteiger partial charge < -0.3 is 5.32 Å². The van der Waals surface area contributed by atoms with E-state index in [1.165, 1.54) is 6.20 Å². The van der Waals surface area contributed by atoms with Crippen LogP contribution in [-0.2, 0) is 11.0 Å². The van der Waals surface area contributed by atoms with Gasteiger partial charge in [-0.1, -0.05) is 30.1 Å². The first-order valence-electron chi connectivity index (χ1n) is 7.03. The van der Waals surface area contributed by atoms with Crippen LogP contribution in [0.2, 0.25) is 10.0 Å². The van der Waals surface area contributed by atoms with Gasteiger partial charge in [-0.15, -0.1) is 0 Å². The van der Waals surface area contributed by atoms with Crippen molar-refractivity contribution in [3.8, 4) is 11.8 Å². The molecule has 2 aromatic rings. The Balaban J connectivity index is 2.48. The van der Waals surface area contributed by atoms with E-state index in [2.05, 4.69) is 10.4 Å². The molecule has 1 amide bonds. The van der Waals surface area contributed by atoms with Gasteiger partial charge in [-0.2, -0.15) is 23.5 Å². The summed E-state index contributed by atoms with van der Waals surface area (Å²) >= 11 is 11.8. The summed E-state index contributed by atoms with van der Waals surface area (Å²) in [6.45, 7) is 1.82. The first-order valence-corrected chi connectivity index (χ1v) is 7.79. The van der Waals surface area contributed by atoms with Gasteiger partial charge in [0.2, 0.25) is 5.91 Å². The van der Waals surface area contributed by atoms with Crippen molar-refractivity contribution in [1.29, 1.82) is 5.26 Å². The number of hydrogen-bond donors (Lipinski definition) is 1. The fourth-order valence-electron chi connectivity index (χ4n) is 2.05. The van der Waals surface area contributed by atoms with E-state index in [1.54, 1.807) is 6.07 Å². The van der Waals surface area contributed by atoms with Gasteiger partial charge in [-0.25, -0.2) is 4.68 Å². The summed E-state index contributed by atoms with van der Waals surface area (Å²) in [5, 5.41) is 15.0. The Morgan fingerprint density at radius 3 is 2.44 bits per heavy atom. The molecule has 10 heteroatoms. The third-order valence-corrected chi connectivity index (χ3v) is 3.72. The van der Waals surface area contributed by atoms with E-state index >= 15 is 0 Å². The molecule has 0 radical (unpaired) electrons. The molecule has 132 valence electrons. The van der Waals surface area contributed by atoms with E-state index in [9.17, 15) is 18.0 Å². The molecule has 5 nitrogen and oxygen atoms in total. The number of carbonyl (C=O) groups excluding carboxylic acids is 1. The molecule has 0 saturated heterocycles. The molecule has 25 heavy (non-hydrogen) atoms. The minimum atomic E-state index is -4.60. The molecule has 0 aliphatic carbocycles. The van der Waals surface area contributed by atoms with Gasteiger partial charge in [0.1, 0.15) is 11.8 Å². The normalized spacial score (nSPS) is 11.2. The van der Waals surface area contributed by atoms with Gasteiger partial charge in [0, 0.05) is 6.42 Å². The molecule has 0 saturated carbocycles. The van der Waals surface area contributed by atoms with Crippen LogP contribution < -0.4 is 5.32 Å². The minimum absolute atomic E-state index is 0.0242. The minimum Gasteiger partial charge on any atom is -0.322 e. The summed E-state index contributed by atoms with van der Waals surface area (Å²) in [6, 6.07) is 3.22. The van der Waals surface area contributed by atoms with Crippen LogP contribution in [0.5, 0.6) is 0 Å². The predicted octanol–water partition coefficient (Wildman–Crippen LogP) is 4.81. The largest absolute Gasteiger partial charge is 0.416 e. The predicted molar refractivity (Wildman–Crippen MR) is 86.8 cm³/mol. The number of hydrogen-bond acceptors (Lipinski definition) is 3. The van der Waals surface area contributed by atoms with Crippen molar-refractivity contribution in [1.82, 2.24) is 9.78 Å². The molecule has 1 heterocycles. The second-order valence-electron chi connectivity index (χ2n) is 5.03. The Bertz CT molecular complexity index is 832. The van der Waals surface area contributed by atoms with Crippen molar-refractivity contribution >= 4 is 34.8 Å². The zero-order valence-electron chi connectivity index (χ0n) is 12.8. The van der Waals surface area contributed by atoms with Crippen molar-refractivity contribution in [3.05, 3.63) is 39.6 Å². The van der Waals surface area contributed by atoms with Gasteiger partial charge >= 0.3 is 6.18 Å². The van der Waals surface area contributed by atoms with E-state index in [1.807, 2.05) is 6.92 Å². The fourth-order valence-corrected chi connectivity index (χ4v) is 2.71. The van der Waals surface area contributed by atoms with Crippen LogP contribution in [0.1, 0.15) is 31.0 Å². The summed E-state index contributed by atoms with van der Waals surface area (Å²) in [6.07, 6.45) is -2.48. The van der Waals surface area contributed by atoms with Gasteiger partial charge in [-0.05, 0) is 18.6 Å². The highest BCUT2D eigenvalue weighted by Crippen LogP contribution is 2.37. The number of carbonyl (C=O) groups is 1. The molecular formula is C15H11Cl2F3N4O. The number of anilines is 1. The molecule has 0 fully saturated rings. The van der Waals surface area contributed by atoms with E-state index in [-0.39, 0.29) is 39.4 Å². The third-order valence-electron chi connectivity index (χ3n) is 3.14. The van der Waals surface area contributed by atoms with Gasteiger partial charge in [0.05, 0.1) is 27.5 Å². The number of benzene rings is 1. The smallest absolute Gasteiger partial charge is 0.322 e. The summed E-state index contributed by atoms with van der Waals surface area (Å²) in [4.78, 5) is 11.7. The third kappa shape index (κ3) is 4.24. The molecule has 0 unspecified atom stereocenters. The van der Waals surface area contributed by atoms with Crippen molar-refractivity contribution in [2.24, 2.45) is 0 Å². The molecule has 0 bridgehead atoms. The number of nitriles is 1. The SMILES string of the molecule is CCCC(=O)Nc1cn(-c2c(Cl)cc(C(F)(F)F)cc2Cl)nc1C#N. The number of halogens is 5. The molecule has 0 aliphatic rings. The lowest BCUT2D eigenvalue weighted by atomic mass is 10.2. The molecule has 1 aromatic heterocycles. The maximum Gasteiger partial charge on any atom is 0.416 e. The highest BCUT2D eigenvalue weighted by molar-refractivity contribution is 6.37. The van der Waals surface area contributed by atoms with Crippen LogP contribution in [0.25, 0.3) is 5.69 Å². The highest BCUT2D eigenvalue weighted by atomic mass is 35.5. The van der Waals surface area contributed by atoms with Crippen molar-refractivity contribution in [3.63, 3.8) is 0 Å². The topological polar surface area (TPSA) is 70.7 Å². The quantitative estimate of drug-likeness (QED) is 0.813. The number of alkyl halides is 3. The number of aromatic nitrogens is 2. The summed E-state index contributed by atoms with van der Waals surface area (Å²) in [5.74, 6) is -0.317. The van der Waals surface area contributed by atoms with Crippen LogP contribution in [0.3, 0.4) is 0 Å². The van der Waals surface area contributed by atoms with E-state index < -0.39 is 11.7 Å². The Kier molecular flexibility index (Phi) is 5.60. The van der Waals surface area contributed by atoms with Crippen LogP contribution in [-0.4, -0.2) is 15.7 Å². The Hall–Kier alpha value is -2.24. The molecule has 0 spiro atoms. The van der Waals surface area contributed by atoms with Gasteiger partial charge in [-0.3, -0.25) is 4.79 Å². The average molecular weight is 391 g/mol. The lowest BCUT2D eigenvalue weighted by molar-refractivity contribution is -0.137. The first-order chi connectivity index (χ1) is 11.7. The summed E-state index contributed by atoms with van der Waals surface area (Å²) in [5.41, 5.74) is -1.02. The van der Waals surface area contributed by atoms with Crippen molar-refractivity contribution in [2.45, 2.75) is 25.9 Å². The van der Waals surface area contributed by atoms with Crippen LogP contribution in [0.4, 0.5) is 18.9 Å². The summed E-state index contributed by atoms with van der Waals surface area (Å²) < 4.78 is 39.4. The van der Waals surface area contributed by atoms with Crippen molar-refractivity contribution in [2.75, 3.05) is 5.32 Å². The maximum absolute atomic E-state index is 12.8. The maximum atomic E-state index is 12.8. The van der Waals surface area contributed by atoms with E-state index in [0.29, 0.717) is 18.6 Å². The fraction of sp³-hybridized carbons (Fsp3) is 0.267. The Morgan fingerprint density at radius 1 is 1.36 bits per heavy atom.